The molecule has 5 rings (SSSR count). The van der Waals surface area contributed by atoms with Gasteiger partial charge in [0.2, 0.25) is 0 Å². The molecule has 0 aliphatic heterocycles. The summed E-state index contributed by atoms with van der Waals surface area (Å²) in [6.07, 6.45) is 7.29. The first-order valence-corrected chi connectivity index (χ1v) is 7.99. The molecule has 1 nitrogen and oxygen atoms in total. The third kappa shape index (κ3) is 1.86. The molecule has 110 valence electrons. The van der Waals surface area contributed by atoms with Gasteiger partial charge in [-0.2, -0.15) is 0 Å². The number of halogens is 1. The molecule has 0 aromatic heterocycles. The van der Waals surface area contributed by atoms with Crippen LogP contribution in [0.3, 0.4) is 0 Å². The van der Waals surface area contributed by atoms with E-state index in [-0.39, 0.29) is 12.4 Å². The summed E-state index contributed by atoms with van der Waals surface area (Å²) in [5, 5.41) is 0. The molecule has 4 bridgehead atoms. The second-order valence-electron chi connectivity index (χ2n) is 7.41. The maximum Gasteiger partial charge on any atom is 0.0132 e. The highest BCUT2D eigenvalue weighted by Crippen LogP contribution is 2.62. The van der Waals surface area contributed by atoms with Gasteiger partial charge in [-0.05, 0) is 68.3 Å². The lowest BCUT2D eigenvalue weighted by molar-refractivity contribution is -0.0567. The lowest BCUT2D eigenvalue weighted by Crippen LogP contribution is -2.58. The number of nitrogens with two attached hydrogens (primary N) is 1. The lowest BCUT2D eigenvalue weighted by Gasteiger charge is -2.61. The highest BCUT2D eigenvalue weighted by atomic mass is 35.5. The average Bonchev–Trinajstić information content (AvgIpc) is 2.40. The molecule has 0 amide bonds. The number of hydrogen-bond acceptors (Lipinski definition) is 1. The molecule has 2 heteroatoms. The van der Waals surface area contributed by atoms with Gasteiger partial charge in [0, 0.05) is 12.0 Å². The van der Waals surface area contributed by atoms with Crippen molar-refractivity contribution in [2.75, 3.05) is 6.54 Å². The van der Waals surface area contributed by atoms with Crippen LogP contribution in [0.25, 0.3) is 0 Å². The van der Waals surface area contributed by atoms with E-state index in [9.17, 15) is 0 Å². The molecule has 0 heterocycles. The van der Waals surface area contributed by atoms with Crippen molar-refractivity contribution in [3.05, 3.63) is 35.4 Å². The van der Waals surface area contributed by atoms with Gasteiger partial charge in [0.15, 0.2) is 0 Å². The standard InChI is InChI=1S/C18H25N.ClH/c1-12-2-4-15(5-3-12)18(11-19)16-7-13-6-14(9-16)10-17(18)8-13;/h2-5,13-14,16-17H,6-11,19H2,1H3;1H. The van der Waals surface area contributed by atoms with Gasteiger partial charge in [-0.25, -0.2) is 0 Å². The number of aryl methyl sites for hydroxylation is 1. The van der Waals surface area contributed by atoms with Crippen LogP contribution in [-0.2, 0) is 5.41 Å². The Morgan fingerprint density at radius 1 is 0.950 bits per heavy atom. The molecule has 0 radical (unpaired) electrons. The third-order valence-electron chi connectivity index (χ3n) is 6.52. The van der Waals surface area contributed by atoms with Crippen molar-refractivity contribution < 1.29 is 0 Å². The molecule has 4 fully saturated rings. The summed E-state index contributed by atoms with van der Waals surface area (Å²) in [5.41, 5.74) is 9.56. The zero-order valence-electron chi connectivity index (χ0n) is 12.3. The summed E-state index contributed by atoms with van der Waals surface area (Å²) >= 11 is 0. The van der Waals surface area contributed by atoms with Crippen molar-refractivity contribution in [2.24, 2.45) is 29.4 Å². The van der Waals surface area contributed by atoms with E-state index in [0.717, 1.165) is 30.2 Å². The summed E-state index contributed by atoms with van der Waals surface area (Å²) in [4.78, 5) is 0. The lowest BCUT2D eigenvalue weighted by atomic mass is 9.44. The molecule has 1 aromatic carbocycles. The van der Waals surface area contributed by atoms with Gasteiger partial charge in [0.05, 0.1) is 0 Å². The molecule has 2 N–H and O–H groups in total. The molecular weight excluding hydrogens is 266 g/mol. The normalized spacial score (nSPS) is 41.5. The van der Waals surface area contributed by atoms with Crippen molar-refractivity contribution in [3.63, 3.8) is 0 Å². The molecule has 20 heavy (non-hydrogen) atoms. The second-order valence-corrected chi connectivity index (χ2v) is 7.41. The van der Waals surface area contributed by atoms with E-state index < -0.39 is 0 Å². The fourth-order valence-corrected chi connectivity index (χ4v) is 5.81. The maximum absolute atomic E-state index is 6.36. The predicted molar refractivity (Wildman–Crippen MR) is 86.2 cm³/mol. The number of rotatable bonds is 2. The van der Waals surface area contributed by atoms with Gasteiger partial charge in [-0.1, -0.05) is 29.8 Å². The summed E-state index contributed by atoms with van der Waals surface area (Å²) in [7, 11) is 0. The Kier molecular flexibility index (Phi) is 3.63. The van der Waals surface area contributed by atoms with Gasteiger partial charge in [0.1, 0.15) is 0 Å². The Bertz CT molecular complexity index is 451. The molecule has 4 aliphatic rings. The highest BCUT2D eigenvalue weighted by Gasteiger charge is 2.56. The minimum Gasteiger partial charge on any atom is -0.330 e. The van der Waals surface area contributed by atoms with E-state index in [2.05, 4.69) is 31.2 Å². The van der Waals surface area contributed by atoms with Crippen LogP contribution in [0.4, 0.5) is 0 Å². The van der Waals surface area contributed by atoms with Gasteiger partial charge >= 0.3 is 0 Å². The third-order valence-corrected chi connectivity index (χ3v) is 6.52. The Balaban J connectivity index is 0.00000121. The zero-order chi connectivity index (χ0) is 13.0. The van der Waals surface area contributed by atoms with E-state index >= 15 is 0 Å². The van der Waals surface area contributed by atoms with Crippen LogP contribution in [0.2, 0.25) is 0 Å². The fraction of sp³-hybridized carbons (Fsp3) is 0.667. The largest absolute Gasteiger partial charge is 0.330 e. The first-order chi connectivity index (χ1) is 9.22. The summed E-state index contributed by atoms with van der Waals surface area (Å²) in [6, 6.07) is 9.28. The summed E-state index contributed by atoms with van der Waals surface area (Å²) < 4.78 is 0. The minimum atomic E-state index is 0. The second kappa shape index (κ2) is 5.03. The molecule has 0 unspecified atom stereocenters. The topological polar surface area (TPSA) is 26.0 Å². The van der Waals surface area contributed by atoms with Crippen molar-refractivity contribution >= 4 is 12.4 Å². The van der Waals surface area contributed by atoms with E-state index in [1.165, 1.54) is 43.2 Å². The van der Waals surface area contributed by atoms with Crippen molar-refractivity contribution in [2.45, 2.75) is 44.4 Å². The van der Waals surface area contributed by atoms with Crippen LogP contribution >= 0.6 is 12.4 Å². The molecule has 4 aliphatic carbocycles. The van der Waals surface area contributed by atoms with Crippen LogP contribution in [0.15, 0.2) is 24.3 Å². The van der Waals surface area contributed by atoms with E-state index in [4.69, 9.17) is 5.73 Å². The van der Waals surface area contributed by atoms with Crippen LogP contribution in [-0.4, -0.2) is 6.54 Å². The molecule has 1 aromatic rings. The number of benzene rings is 1. The Morgan fingerprint density at radius 3 is 1.90 bits per heavy atom. The molecule has 4 saturated carbocycles. The smallest absolute Gasteiger partial charge is 0.0132 e. The van der Waals surface area contributed by atoms with Gasteiger partial charge in [0.25, 0.3) is 0 Å². The molecule has 0 saturated heterocycles. The average molecular weight is 292 g/mol. The first-order valence-electron chi connectivity index (χ1n) is 7.99. The van der Waals surface area contributed by atoms with Crippen molar-refractivity contribution in [1.82, 2.24) is 0 Å². The van der Waals surface area contributed by atoms with Gasteiger partial charge < -0.3 is 5.73 Å². The summed E-state index contributed by atoms with van der Waals surface area (Å²) in [5.74, 6) is 3.76. The predicted octanol–water partition coefficient (Wildman–Crippen LogP) is 4.07. The van der Waals surface area contributed by atoms with Gasteiger partial charge in [-0.3, -0.25) is 0 Å². The highest BCUT2D eigenvalue weighted by molar-refractivity contribution is 5.85. The molecular formula is C18H26ClN. The van der Waals surface area contributed by atoms with Crippen LogP contribution in [0.5, 0.6) is 0 Å². The van der Waals surface area contributed by atoms with Crippen LogP contribution in [0, 0.1) is 30.6 Å². The monoisotopic (exact) mass is 291 g/mol. The van der Waals surface area contributed by atoms with Crippen molar-refractivity contribution in [3.8, 4) is 0 Å². The minimum absolute atomic E-state index is 0. The van der Waals surface area contributed by atoms with Crippen LogP contribution < -0.4 is 5.73 Å². The van der Waals surface area contributed by atoms with Gasteiger partial charge in [-0.15, -0.1) is 12.4 Å². The zero-order valence-corrected chi connectivity index (χ0v) is 13.2. The van der Waals surface area contributed by atoms with Crippen molar-refractivity contribution in [1.29, 1.82) is 0 Å². The maximum atomic E-state index is 6.36. The van der Waals surface area contributed by atoms with Crippen LogP contribution in [0.1, 0.15) is 43.2 Å². The summed E-state index contributed by atoms with van der Waals surface area (Å²) in [6.45, 7) is 3.03. The van der Waals surface area contributed by atoms with E-state index in [1.807, 2.05) is 0 Å². The molecule has 0 spiro atoms. The first kappa shape index (κ1) is 14.4. The Hall–Kier alpha value is -0.530. The molecule has 0 atom stereocenters. The van der Waals surface area contributed by atoms with E-state index in [0.29, 0.717) is 5.41 Å². The van der Waals surface area contributed by atoms with E-state index in [1.54, 1.807) is 0 Å². The number of hydrogen-bond donors (Lipinski definition) is 1. The SMILES string of the molecule is Cc1ccc(C2(CN)C3CC4CC(C3)CC2C4)cc1.Cl. The quantitative estimate of drug-likeness (QED) is 0.873. The fourth-order valence-electron chi connectivity index (χ4n) is 5.81. The Labute approximate surface area is 128 Å². The Morgan fingerprint density at radius 2 is 1.45 bits per heavy atom.